The van der Waals surface area contributed by atoms with Gasteiger partial charge in [0.15, 0.2) is 0 Å². The Balaban J connectivity index is 3.24. The second-order valence-electron chi connectivity index (χ2n) is 2.23. The molecule has 0 radical (unpaired) electrons. The molecule has 11 heavy (non-hydrogen) atoms. The Morgan fingerprint density at radius 3 is 2.36 bits per heavy atom. The van der Waals surface area contributed by atoms with Gasteiger partial charge in [-0.25, -0.2) is 0 Å². The van der Waals surface area contributed by atoms with Crippen LogP contribution in [0.1, 0.15) is 0 Å². The van der Waals surface area contributed by atoms with E-state index in [0.29, 0.717) is 17.1 Å². The zero-order valence-corrected chi connectivity index (χ0v) is 7.11. The maximum atomic E-state index is 5.66. The smallest absolute Gasteiger partial charge is 0.0687 e. The van der Waals surface area contributed by atoms with Crippen molar-refractivity contribution in [2.75, 3.05) is 23.5 Å². The third-order valence-electron chi connectivity index (χ3n) is 1.42. The zero-order valence-electron chi connectivity index (χ0n) is 6.29. The van der Waals surface area contributed by atoms with Gasteiger partial charge in [-0.3, -0.25) is 0 Å². The molecule has 1 rings (SSSR count). The highest BCUT2D eigenvalue weighted by atomic mass is 32.2. The number of rotatable bonds is 1. The van der Waals surface area contributed by atoms with Gasteiger partial charge in [-0.05, 0) is 18.4 Å². The number of nitrogen functional groups attached to an aromatic ring is 3. The number of benzene rings is 1. The fourth-order valence-corrected chi connectivity index (χ4v) is 1.43. The summed E-state index contributed by atoms with van der Waals surface area (Å²) in [5, 5.41) is 0. The zero-order chi connectivity index (χ0) is 8.43. The van der Waals surface area contributed by atoms with Gasteiger partial charge in [0, 0.05) is 10.6 Å². The van der Waals surface area contributed by atoms with Crippen LogP contribution in [-0.4, -0.2) is 6.26 Å². The van der Waals surface area contributed by atoms with E-state index in [9.17, 15) is 0 Å². The first-order chi connectivity index (χ1) is 5.15. The molecular weight excluding hydrogens is 158 g/mol. The number of anilines is 3. The Morgan fingerprint density at radius 2 is 1.82 bits per heavy atom. The molecule has 0 aliphatic carbocycles. The molecule has 60 valence electrons. The first-order valence-corrected chi connectivity index (χ1v) is 4.36. The second-order valence-corrected chi connectivity index (χ2v) is 3.07. The predicted molar refractivity (Wildman–Crippen MR) is 51.5 cm³/mol. The van der Waals surface area contributed by atoms with Gasteiger partial charge in [0.25, 0.3) is 0 Å². The molecule has 0 saturated carbocycles. The fourth-order valence-electron chi connectivity index (χ4n) is 0.839. The van der Waals surface area contributed by atoms with E-state index in [0.717, 1.165) is 4.90 Å². The van der Waals surface area contributed by atoms with Crippen LogP contribution in [0.2, 0.25) is 0 Å². The van der Waals surface area contributed by atoms with Crippen molar-refractivity contribution in [1.82, 2.24) is 0 Å². The summed E-state index contributed by atoms with van der Waals surface area (Å²) < 4.78 is 0. The van der Waals surface area contributed by atoms with Crippen LogP contribution >= 0.6 is 11.8 Å². The highest BCUT2D eigenvalue weighted by Crippen LogP contribution is 2.30. The molecule has 0 aliphatic rings. The van der Waals surface area contributed by atoms with Gasteiger partial charge in [-0.1, -0.05) is 0 Å². The molecule has 1 aromatic rings. The van der Waals surface area contributed by atoms with Crippen LogP contribution in [0.5, 0.6) is 0 Å². The van der Waals surface area contributed by atoms with Crippen molar-refractivity contribution in [3.63, 3.8) is 0 Å². The van der Waals surface area contributed by atoms with Gasteiger partial charge in [-0.15, -0.1) is 11.8 Å². The molecule has 0 atom stereocenters. The molecule has 0 aliphatic heterocycles. The van der Waals surface area contributed by atoms with Gasteiger partial charge >= 0.3 is 0 Å². The Kier molecular flexibility index (Phi) is 2.14. The lowest BCUT2D eigenvalue weighted by Gasteiger charge is -2.06. The third kappa shape index (κ3) is 1.51. The summed E-state index contributed by atoms with van der Waals surface area (Å²) in [6.45, 7) is 0. The van der Waals surface area contributed by atoms with E-state index in [2.05, 4.69) is 0 Å². The molecule has 0 fully saturated rings. The Morgan fingerprint density at radius 1 is 1.18 bits per heavy atom. The standard InChI is InChI=1S/C7H11N3S/c1-11-6-3-4(8)2-5(9)7(6)10/h2-3H,8-10H2,1H3. The van der Waals surface area contributed by atoms with Crippen LogP contribution < -0.4 is 17.2 Å². The Bertz CT molecular complexity index is 273. The van der Waals surface area contributed by atoms with E-state index in [1.807, 2.05) is 12.3 Å². The van der Waals surface area contributed by atoms with Crippen LogP contribution in [0.15, 0.2) is 17.0 Å². The van der Waals surface area contributed by atoms with Crippen LogP contribution in [0.4, 0.5) is 17.1 Å². The predicted octanol–water partition coefficient (Wildman–Crippen LogP) is 1.16. The lowest BCUT2D eigenvalue weighted by molar-refractivity contribution is 1.46. The minimum absolute atomic E-state index is 0.550. The van der Waals surface area contributed by atoms with E-state index in [1.54, 1.807) is 6.07 Å². The normalized spacial score (nSPS) is 9.91. The molecule has 0 amide bonds. The average Bonchev–Trinajstić information content (AvgIpc) is 1.96. The third-order valence-corrected chi connectivity index (χ3v) is 2.19. The lowest BCUT2D eigenvalue weighted by Crippen LogP contribution is -1.98. The molecule has 4 heteroatoms. The van der Waals surface area contributed by atoms with E-state index in [4.69, 9.17) is 17.2 Å². The van der Waals surface area contributed by atoms with Gasteiger partial charge in [0.1, 0.15) is 0 Å². The minimum Gasteiger partial charge on any atom is -0.399 e. The topological polar surface area (TPSA) is 78.1 Å². The number of hydrogen-bond acceptors (Lipinski definition) is 4. The van der Waals surface area contributed by atoms with Gasteiger partial charge in [0.2, 0.25) is 0 Å². The van der Waals surface area contributed by atoms with Crippen molar-refractivity contribution >= 4 is 28.8 Å². The monoisotopic (exact) mass is 169 g/mol. The molecule has 0 spiro atoms. The van der Waals surface area contributed by atoms with Crippen LogP contribution in [0.25, 0.3) is 0 Å². The van der Waals surface area contributed by atoms with Crippen LogP contribution in [0, 0.1) is 0 Å². The molecule has 0 saturated heterocycles. The van der Waals surface area contributed by atoms with E-state index in [1.165, 1.54) is 11.8 Å². The van der Waals surface area contributed by atoms with Crippen LogP contribution in [0.3, 0.4) is 0 Å². The summed E-state index contributed by atoms with van der Waals surface area (Å²) in [5.41, 5.74) is 18.6. The first kappa shape index (κ1) is 8.07. The van der Waals surface area contributed by atoms with Gasteiger partial charge < -0.3 is 17.2 Å². The number of hydrogen-bond donors (Lipinski definition) is 3. The summed E-state index contributed by atoms with van der Waals surface area (Å²) in [5.74, 6) is 0. The van der Waals surface area contributed by atoms with Crippen LogP contribution in [-0.2, 0) is 0 Å². The van der Waals surface area contributed by atoms with E-state index in [-0.39, 0.29) is 0 Å². The fraction of sp³-hybridized carbons (Fsp3) is 0.143. The van der Waals surface area contributed by atoms with Crippen molar-refractivity contribution in [3.8, 4) is 0 Å². The highest BCUT2D eigenvalue weighted by Gasteiger charge is 2.01. The summed E-state index contributed by atoms with van der Waals surface area (Å²) in [7, 11) is 0. The average molecular weight is 169 g/mol. The molecule has 0 aromatic heterocycles. The molecular formula is C7H11N3S. The second kappa shape index (κ2) is 2.92. The highest BCUT2D eigenvalue weighted by molar-refractivity contribution is 7.98. The van der Waals surface area contributed by atoms with Crippen molar-refractivity contribution in [2.45, 2.75) is 4.90 Å². The summed E-state index contributed by atoms with van der Waals surface area (Å²) in [6.07, 6.45) is 1.94. The van der Waals surface area contributed by atoms with E-state index < -0.39 is 0 Å². The Hall–Kier alpha value is -1.03. The van der Waals surface area contributed by atoms with Crippen molar-refractivity contribution in [2.24, 2.45) is 0 Å². The number of thioether (sulfide) groups is 1. The molecule has 6 N–H and O–H groups in total. The maximum Gasteiger partial charge on any atom is 0.0687 e. The lowest BCUT2D eigenvalue weighted by atomic mass is 10.2. The van der Waals surface area contributed by atoms with Crippen molar-refractivity contribution in [1.29, 1.82) is 0 Å². The summed E-state index contributed by atoms with van der Waals surface area (Å²) in [4.78, 5) is 0.933. The minimum atomic E-state index is 0.550. The largest absolute Gasteiger partial charge is 0.399 e. The van der Waals surface area contributed by atoms with Gasteiger partial charge in [-0.2, -0.15) is 0 Å². The molecule has 0 unspecified atom stereocenters. The summed E-state index contributed by atoms with van der Waals surface area (Å²) in [6, 6.07) is 3.48. The summed E-state index contributed by atoms with van der Waals surface area (Å²) >= 11 is 1.54. The molecule has 0 bridgehead atoms. The maximum absolute atomic E-state index is 5.66. The van der Waals surface area contributed by atoms with E-state index >= 15 is 0 Å². The van der Waals surface area contributed by atoms with Gasteiger partial charge in [0.05, 0.1) is 11.4 Å². The molecule has 1 aromatic carbocycles. The van der Waals surface area contributed by atoms with Crippen molar-refractivity contribution in [3.05, 3.63) is 12.1 Å². The molecule has 0 heterocycles. The SMILES string of the molecule is CSc1cc(N)cc(N)c1N. The Labute approximate surface area is 69.9 Å². The molecule has 3 nitrogen and oxygen atoms in total. The first-order valence-electron chi connectivity index (χ1n) is 3.13. The quantitative estimate of drug-likeness (QED) is 0.435. The van der Waals surface area contributed by atoms with Crippen molar-refractivity contribution < 1.29 is 0 Å². The number of nitrogens with two attached hydrogens (primary N) is 3.